The highest BCUT2D eigenvalue weighted by molar-refractivity contribution is 5.95. The van der Waals surface area contributed by atoms with Crippen molar-refractivity contribution in [3.63, 3.8) is 0 Å². The van der Waals surface area contributed by atoms with E-state index in [-0.39, 0.29) is 44.6 Å². The van der Waals surface area contributed by atoms with Crippen molar-refractivity contribution in [3.05, 3.63) is 36.0 Å². The molecule has 4 amide bonds. The third-order valence-corrected chi connectivity index (χ3v) is 6.61. The van der Waals surface area contributed by atoms with Gasteiger partial charge in [-0.1, -0.05) is 18.2 Å². The number of aliphatic imine (C=N–C) groups is 1. The first kappa shape index (κ1) is 35.0. The van der Waals surface area contributed by atoms with Crippen molar-refractivity contribution in [2.75, 3.05) is 6.54 Å². The van der Waals surface area contributed by atoms with Gasteiger partial charge in [-0.2, -0.15) is 0 Å². The summed E-state index contributed by atoms with van der Waals surface area (Å²) in [6.07, 6.45) is 0.518. The number of guanidine groups is 1. The maximum Gasteiger partial charge on any atom is 0.326 e. The first-order chi connectivity index (χ1) is 20.8. The Morgan fingerprint density at radius 2 is 1.41 bits per heavy atom. The summed E-state index contributed by atoms with van der Waals surface area (Å²) in [4.78, 5) is 80.7. The van der Waals surface area contributed by atoms with Crippen LogP contribution in [0.5, 0.6) is 0 Å². The smallest absolute Gasteiger partial charge is 0.326 e. The number of rotatable bonds is 19. The molecule has 2 aromatic rings. The quantitative estimate of drug-likeness (QED) is 0.0456. The topological polar surface area (TPSA) is 311 Å². The second-order valence-corrected chi connectivity index (χ2v) is 10.1. The number of aliphatic carboxylic acids is 2. The van der Waals surface area contributed by atoms with Gasteiger partial charge in [0, 0.05) is 42.9 Å². The molecule has 17 nitrogen and oxygen atoms in total. The molecule has 0 aliphatic rings. The Kier molecular flexibility index (Phi) is 13.6. The van der Waals surface area contributed by atoms with Crippen molar-refractivity contribution in [3.8, 4) is 0 Å². The van der Waals surface area contributed by atoms with E-state index in [4.69, 9.17) is 28.0 Å². The lowest BCUT2D eigenvalue weighted by Gasteiger charge is -2.25. The average molecular weight is 618 g/mol. The van der Waals surface area contributed by atoms with Gasteiger partial charge in [0.25, 0.3) is 0 Å². The van der Waals surface area contributed by atoms with Crippen LogP contribution in [-0.2, 0) is 35.2 Å². The van der Waals surface area contributed by atoms with E-state index >= 15 is 0 Å². The zero-order valence-corrected chi connectivity index (χ0v) is 24.0. The molecule has 0 fully saturated rings. The number of aromatic nitrogens is 1. The number of hydrogen-bond donors (Lipinski definition) is 10. The minimum Gasteiger partial charge on any atom is -0.481 e. The molecule has 0 aliphatic carbocycles. The molecule has 1 heterocycles. The van der Waals surface area contributed by atoms with Gasteiger partial charge in [0.05, 0.1) is 6.04 Å². The molecule has 14 N–H and O–H groups in total. The van der Waals surface area contributed by atoms with E-state index in [0.717, 1.165) is 10.9 Å². The molecule has 1 aromatic carbocycles. The number of nitrogens with one attached hydrogen (secondary N) is 4. The van der Waals surface area contributed by atoms with Crippen LogP contribution in [0.25, 0.3) is 10.9 Å². The number of hydrogen-bond acceptors (Lipinski definition) is 8. The summed E-state index contributed by atoms with van der Waals surface area (Å²) >= 11 is 0. The Hall–Kier alpha value is -5.19. The summed E-state index contributed by atoms with van der Waals surface area (Å²) in [7, 11) is 0. The highest BCUT2D eigenvalue weighted by Crippen LogP contribution is 2.19. The molecule has 0 radical (unpaired) electrons. The van der Waals surface area contributed by atoms with Crippen LogP contribution in [0.3, 0.4) is 0 Å². The molecule has 2 rings (SSSR count). The van der Waals surface area contributed by atoms with Crippen LogP contribution >= 0.6 is 0 Å². The number of nitrogens with zero attached hydrogens (tertiary/aromatic N) is 1. The number of carboxylic acid groups (broad SMARTS) is 2. The molecule has 44 heavy (non-hydrogen) atoms. The zero-order valence-electron chi connectivity index (χ0n) is 24.0. The molecule has 0 saturated carbocycles. The van der Waals surface area contributed by atoms with Gasteiger partial charge < -0.3 is 54.1 Å². The number of benzene rings is 1. The van der Waals surface area contributed by atoms with Crippen molar-refractivity contribution in [2.24, 2.45) is 27.9 Å². The number of H-pyrrole nitrogens is 1. The van der Waals surface area contributed by atoms with E-state index < -0.39 is 66.2 Å². The van der Waals surface area contributed by atoms with E-state index in [0.29, 0.717) is 12.0 Å². The van der Waals surface area contributed by atoms with Gasteiger partial charge in [-0.15, -0.1) is 0 Å². The minimum absolute atomic E-state index is 0.0973. The summed E-state index contributed by atoms with van der Waals surface area (Å²) in [6, 6.07) is 1.82. The molecular weight excluding hydrogens is 578 g/mol. The lowest BCUT2D eigenvalue weighted by Crippen LogP contribution is -2.57. The van der Waals surface area contributed by atoms with Gasteiger partial charge >= 0.3 is 11.9 Å². The first-order valence-electron chi connectivity index (χ1n) is 13.8. The molecular formula is C27H39N9O8. The normalized spacial score (nSPS) is 13.6. The van der Waals surface area contributed by atoms with Crippen LogP contribution < -0.4 is 38.9 Å². The van der Waals surface area contributed by atoms with Gasteiger partial charge in [-0.3, -0.25) is 29.0 Å². The third-order valence-electron chi connectivity index (χ3n) is 6.61. The van der Waals surface area contributed by atoms with Crippen LogP contribution in [0.1, 0.15) is 44.1 Å². The van der Waals surface area contributed by atoms with Crippen molar-refractivity contribution < 1.29 is 39.0 Å². The monoisotopic (exact) mass is 617 g/mol. The van der Waals surface area contributed by atoms with Crippen molar-refractivity contribution in [2.45, 2.75) is 69.1 Å². The molecule has 1 aromatic heterocycles. The van der Waals surface area contributed by atoms with E-state index in [1.54, 1.807) is 24.4 Å². The number of amides is 4. The van der Waals surface area contributed by atoms with Crippen molar-refractivity contribution in [1.29, 1.82) is 0 Å². The second-order valence-electron chi connectivity index (χ2n) is 10.1. The fourth-order valence-corrected chi connectivity index (χ4v) is 4.29. The molecule has 17 heteroatoms. The Bertz CT molecular complexity index is 1370. The fourth-order valence-electron chi connectivity index (χ4n) is 4.29. The number of carboxylic acids is 2. The molecule has 0 spiro atoms. The highest BCUT2D eigenvalue weighted by atomic mass is 16.4. The number of primary amides is 1. The lowest BCUT2D eigenvalue weighted by atomic mass is 10.0. The summed E-state index contributed by atoms with van der Waals surface area (Å²) in [5.41, 5.74) is 23.0. The van der Waals surface area contributed by atoms with Gasteiger partial charge in [-0.25, -0.2) is 4.79 Å². The van der Waals surface area contributed by atoms with Crippen LogP contribution in [0.2, 0.25) is 0 Å². The summed E-state index contributed by atoms with van der Waals surface area (Å²) in [5.74, 6) is -6.13. The maximum atomic E-state index is 13.2. The summed E-state index contributed by atoms with van der Waals surface area (Å²) in [5, 5.41) is 26.9. The van der Waals surface area contributed by atoms with Gasteiger partial charge in [0.2, 0.25) is 23.6 Å². The van der Waals surface area contributed by atoms with Gasteiger partial charge in [0.1, 0.15) is 18.1 Å². The standard InChI is InChI=1S/C27H39N9O8/c28-16(5-3-11-32-27(30)31)23(40)34-19(8-10-22(38)39)24(41)35-18(7-9-21(29)37)25(42)36-20(26(43)44)12-14-13-33-17-6-2-1-4-15(14)17/h1-2,4,6,13,16,18-20,33H,3,5,7-12,28H2,(H2,29,37)(H,34,40)(H,35,41)(H,36,42)(H,38,39)(H,43,44)(H4,30,31,32). The average Bonchev–Trinajstić information content (AvgIpc) is 3.36. The SMILES string of the molecule is NC(=O)CCC(NC(=O)C(CCC(=O)O)NC(=O)C(N)CCCN=C(N)N)C(=O)NC(Cc1c[nH]c2ccccc12)C(=O)O. The third kappa shape index (κ3) is 11.6. The summed E-state index contributed by atoms with van der Waals surface area (Å²) < 4.78 is 0. The molecule has 4 atom stereocenters. The Morgan fingerprint density at radius 3 is 2.00 bits per heavy atom. The molecule has 4 unspecified atom stereocenters. The van der Waals surface area contributed by atoms with Crippen LogP contribution in [0.4, 0.5) is 0 Å². The van der Waals surface area contributed by atoms with E-state index in [2.05, 4.69) is 25.9 Å². The molecule has 0 bridgehead atoms. The number of carbonyl (C=O) groups is 6. The van der Waals surface area contributed by atoms with Crippen LogP contribution in [0.15, 0.2) is 35.5 Å². The predicted molar refractivity (Wildman–Crippen MR) is 159 cm³/mol. The maximum absolute atomic E-state index is 13.2. The zero-order chi connectivity index (χ0) is 32.8. The predicted octanol–water partition coefficient (Wildman–Crippen LogP) is -2.24. The Balaban J connectivity index is 2.17. The Morgan fingerprint density at radius 1 is 0.818 bits per heavy atom. The number of carbonyl (C=O) groups excluding carboxylic acids is 4. The highest BCUT2D eigenvalue weighted by Gasteiger charge is 2.31. The Labute approximate surface area is 252 Å². The van der Waals surface area contributed by atoms with Gasteiger partial charge in [0.15, 0.2) is 5.96 Å². The lowest BCUT2D eigenvalue weighted by molar-refractivity contribution is -0.142. The number of nitrogens with two attached hydrogens (primary N) is 4. The fraction of sp³-hybridized carbons (Fsp3) is 0.444. The second kappa shape index (κ2) is 17.1. The minimum atomic E-state index is -1.45. The van der Waals surface area contributed by atoms with E-state index in [1.165, 1.54) is 0 Å². The molecule has 0 aliphatic heterocycles. The van der Waals surface area contributed by atoms with Crippen molar-refractivity contribution in [1.82, 2.24) is 20.9 Å². The number of para-hydroxylation sites is 1. The van der Waals surface area contributed by atoms with E-state index in [1.807, 2.05) is 6.07 Å². The first-order valence-corrected chi connectivity index (χ1v) is 13.8. The van der Waals surface area contributed by atoms with Crippen LogP contribution in [0, 0.1) is 0 Å². The largest absolute Gasteiger partial charge is 0.481 e. The summed E-state index contributed by atoms with van der Waals surface area (Å²) in [6.45, 7) is 0.209. The van der Waals surface area contributed by atoms with Gasteiger partial charge in [-0.05, 0) is 37.3 Å². The molecule has 240 valence electrons. The van der Waals surface area contributed by atoms with Crippen molar-refractivity contribution >= 4 is 52.4 Å². The molecule has 0 saturated heterocycles. The number of fused-ring (bicyclic) bond motifs is 1. The van der Waals surface area contributed by atoms with E-state index in [9.17, 15) is 33.9 Å². The number of aromatic amines is 1. The van der Waals surface area contributed by atoms with Crippen LogP contribution in [-0.4, -0.2) is 87.4 Å².